The molecular weight excluding hydrogens is 314 g/mol. The Bertz CT molecular complexity index is 630. The topological polar surface area (TPSA) is 68.8 Å². The highest BCUT2D eigenvalue weighted by molar-refractivity contribution is 5.94. The summed E-state index contributed by atoms with van der Waals surface area (Å²) in [6.45, 7) is 7.36. The zero-order valence-corrected chi connectivity index (χ0v) is 15.2. The summed E-state index contributed by atoms with van der Waals surface area (Å²) in [7, 11) is 1.80. The predicted molar refractivity (Wildman–Crippen MR) is 102 cm³/mol. The third-order valence-corrected chi connectivity index (χ3v) is 5.22. The Kier molecular flexibility index (Phi) is 5.91. The van der Waals surface area contributed by atoms with E-state index in [-0.39, 0.29) is 11.8 Å². The molecule has 2 heterocycles. The van der Waals surface area contributed by atoms with Crippen LogP contribution >= 0.6 is 0 Å². The van der Waals surface area contributed by atoms with Gasteiger partial charge in [0.2, 0.25) is 5.91 Å². The van der Waals surface area contributed by atoms with Crippen LogP contribution in [0.25, 0.3) is 0 Å². The van der Waals surface area contributed by atoms with Crippen LogP contribution < -0.4 is 16.0 Å². The van der Waals surface area contributed by atoms with Gasteiger partial charge in [-0.05, 0) is 37.1 Å². The largest absolute Gasteiger partial charge is 0.356 e. The van der Waals surface area contributed by atoms with Crippen LogP contribution in [0.3, 0.4) is 0 Å². The van der Waals surface area contributed by atoms with Crippen LogP contribution in [0.4, 0.5) is 5.69 Å². The Morgan fingerprint density at radius 2 is 2.12 bits per heavy atom. The predicted octanol–water partition coefficient (Wildman–Crippen LogP) is 1.62. The van der Waals surface area contributed by atoms with Gasteiger partial charge in [-0.1, -0.05) is 25.1 Å². The Balaban J connectivity index is 1.51. The number of aliphatic imine (C=N–C) groups is 1. The van der Waals surface area contributed by atoms with Crippen molar-refractivity contribution in [3.05, 3.63) is 29.8 Å². The van der Waals surface area contributed by atoms with Crippen LogP contribution in [0, 0.1) is 5.92 Å². The summed E-state index contributed by atoms with van der Waals surface area (Å²) in [6.07, 6.45) is 1.75. The number of amides is 1. The summed E-state index contributed by atoms with van der Waals surface area (Å²) in [5.41, 5.74) is 2.12. The first-order valence-corrected chi connectivity index (χ1v) is 9.25. The van der Waals surface area contributed by atoms with Crippen molar-refractivity contribution in [3.8, 4) is 0 Å². The minimum atomic E-state index is 0.0825. The van der Waals surface area contributed by atoms with Crippen LogP contribution in [0.2, 0.25) is 0 Å². The number of carbonyl (C=O) groups excluding carboxylic acids is 1. The van der Waals surface area contributed by atoms with Gasteiger partial charge >= 0.3 is 0 Å². The Hall–Kier alpha value is -2.08. The van der Waals surface area contributed by atoms with Gasteiger partial charge in [0.05, 0.1) is 0 Å². The first-order chi connectivity index (χ1) is 12.2. The number of guanidine groups is 1. The van der Waals surface area contributed by atoms with E-state index in [0.717, 1.165) is 31.3 Å². The summed E-state index contributed by atoms with van der Waals surface area (Å²) in [5, 5.41) is 9.78. The molecule has 2 unspecified atom stereocenters. The summed E-state index contributed by atoms with van der Waals surface area (Å²) >= 11 is 0. The molecule has 3 rings (SSSR count). The van der Waals surface area contributed by atoms with Crippen molar-refractivity contribution < 1.29 is 4.79 Å². The SMILES string of the molecule is CCN1CCC(CNC(=NC)NCC2CC(=O)Nc3ccccc32)C1. The lowest BCUT2D eigenvalue weighted by atomic mass is 9.90. The van der Waals surface area contributed by atoms with Gasteiger partial charge in [0.15, 0.2) is 5.96 Å². The van der Waals surface area contributed by atoms with E-state index in [1.54, 1.807) is 7.05 Å². The number of hydrogen-bond acceptors (Lipinski definition) is 3. The highest BCUT2D eigenvalue weighted by atomic mass is 16.1. The monoisotopic (exact) mass is 343 g/mol. The summed E-state index contributed by atoms with van der Waals surface area (Å²) in [6, 6.07) is 8.04. The van der Waals surface area contributed by atoms with Gasteiger partial charge in [0.1, 0.15) is 0 Å². The minimum absolute atomic E-state index is 0.0825. The molecule has 1 fully saturated rings. The number of nitrogens with one attached hydrogen (secondary N) is 3. The summed E-state index contributed by atoms with van der Waals surface area (Å²) in [5.74, 6) is 1.75. The molecule has 1 aromatic carbocycles. The molecule has 1 amide bonds. The quantitative estimate of drug-likeness (QED) is 0.561. The second-order valence-corrected chi connectivity index (χ2v) is 6.92. The van der Waals surface area contributed by atoms with Crippen LogP contribution in [0.1, 0.15) is 31.2 Å². The second kappa shape index (κ2) is 8.34. The molecule has 136 valence electrons. The van der Waals surface area contributed by atoms with E-state index < -0.39 is 0 Å². The van der Waals surface area contributed by atoms with E-state index in [1.165, 1.54) is 18.5 Å². The molecular formula is C19H29N5O. The number of nitrogens with zero attached hydrogens (tertiary/aromatic N) is 2. The van der Waals surface area contributed by atoms with E-state index in [9.17, 15) is 4.79 Å². The highest BCUT2D eigenvalue weighted by Gasteiger charge is 2.25. The van der Waals surface area contributed by atoms with Gasteiger partial charge in [-0.3, -0.25) is 9.79 Å². The smallest absolute Gasteiger partial charge is 0.225 e. The van der Waals surface area contributed by atoms with Crippen molar-refractivity contribution >= 4 is 17.6 Å². The lowest BCUT2D eigenvalue weighted by molar-refractivity contribution is -0.116. The lowest BCUT2D eigenvalue weighted by Gasteiger charge is -2.26. The highest BCUT2D eigenvalue weighted by Crippen LogP contribution is 2.31. The average Bonchev–Trinajstić information content (AvgIpc) is 3.09. The van der Waals surface area contributed by atoms with Crippen LogP contribution in [0.15, 0.2) is 29.3 Å². The Morgan fingerprint density at radius 3 is 2.88 bits per heavy atom. The molecule has 3 N–H and O–H groups in total. The van der Waals surface area contributed by atoms with Crippen molar-refractivity contribution in [2.24, 2.45) is 10.9 Å². The van der Waals surface area contributed by atoms with E-state index in [0.29, 0.717) is 18.9 Å². The molecule has 2 aliphatic rings. The minimum Gasteiger partial charge on any atom is -0.356 e. The van der Waals surface area contributed by atoms with Crippen molar-refractivity contribution in [1.29, 1.82) is 0 Å². The van der Waals surface area contributed by atoms with Crippen LogP contribution in [-0.4, -0.2) is 56.5 Å². The molecule has 1 aromatic rings. The molecule has 1 saturated heterocycles. The maximum Gasteiger partial charge on any atom is 0.225 e. The maximum atomic E-state index is 11.9. The first-order valence-electron chi connectivity index (χ1n) is 9.25. The lowest BCUT2D eigenvalue weighted by Crippen LogP contribution is -2.42. The maximum absolute atomic E-state index is 11.9. The van der Waals surface area contributed by atoms with Gasteiger partial charge in [0, 0.05) is 44.7 Å². The molecule has 0 aliphatic carbocycles. The standard InChI is InChI=1S/C19H29N5O/c1-3-24-9-8-14(13-24)11-21-19(20-2)22-12-15-10-18(25)23-17-7-5-4-6-16(15)17/h4-7,14-15H,3,8-13H2,1-2H3,(H,23,25)(H2,20,21,22). The third-order valence-electron chi connectivity index (χ3n) is 5.22. The Morgan fingerprint density at radius 1 is 1.32 bits per heavy atom. The fourth-order valence-electron chi connectivity index (χ4n) is 3.73. The van der Waals surface area contributed by atoms with Gasteiger partial charge in [-0.15, -0.1) is 0 Å². The summed E-state index contributed by atoms with van der Waals surface area (Å²) in [4.78, 5) is 18.7. The fourth-order valence-corrected chi connectivity index (χ4v) is 3.73. The molecule has 2 atom stereocenters. The molecule has 0 saturated carbocycles. The van der Waals surface area contributed by atoms with Crippen LogP contribution in [0.5, 0.6) is 0 Å². The summed E-state index contributed by atoms with van der Waals surface area (Å²) < 4.78 is 0. The van der Waals surface area contributed by atoms with Gasteiger partial charge < -0.3 is 20.9 Å². The normalized spacial score (nSPS) is 23.9. The second-order valence-electron chi connectivity index (χ2n) is 6.92. The number of anilines is 1. The number of benzene rings is 1. The molecule has 0 spiro atoms. The average molecular weight is 343 g/mol. The number of carbonyl (C=O) groups is 1. The van der Waals surface area contributed by atoms with E-state index >= 15 is 0 Å². The van der Waals surface area contributed by atoms with Crippen molar-refractivity contribution in [3.63, 3.8) is 0 Å². The number of rotatable bonds is 5. The first kappa shape index (κ1) is 17.7. The van der Waals surface area contributed by atoms with E-state index in [2.05, 4.69) is 38.8 Å². The van der Waals surface area contributed by atoms with E-state index in [4.69, 9.17) is 0 Å². The zero-order valence-electron chi connectivity index (χ0n) is 15.2. The molecule has 2 aliphatic heterocycles. The van der Waals surface area contributed by atoms with Gasteiger partial charge in [-0.2, -0.15) is 0 Å². The zero-order chi connectivity index (χ0) is 17.6. The molecule has 6 heteroatoms. The van der Waals surface area contributed by atoms with Crippen LogP contribution in [-0.2, 0) is 4.79 Å². The third kappa shape index (κ3) is 4.51. The van der Waals surface area contributed by atoms with Gasteiger partial charge in [-0.25, -0.2) is 0 Å². The molecule has 6 nitrogen and oxygen atoms in total. The van der Waals surface area contributed by atoms with E-state index in [1.807, 2.05) is 18.2 Å². The van der Waals surface area contributed by atoms with Crippen molar-refractivity contribution in [1.82, 2.24) is 15.5 Å². The molecule has 0 radical (unpaired) electrons. The number of likely N-dealkylation sites (tertiary alicyclic amines) is 1. The number of hydrogen-bond donors (Lipinski definition) is 3. The van der Waals surface area contributed by atoms with Crippen molar-refractivity contribution in [2.45, 2.75) is 25.7 Å². The molecule has 0 bridgehead atoms. The Labute approximate surface area is 150 Å². The number of para-hydroxylation sites is 1. The van der Waals surface area contributed by atoms with Gasteiger partial charge in [0.25, 0.3) is 0 Å². The van der Waals surface area contributed by atoms with Crippen molar-refractivity contribution in [2.75, 3.05) is 45.1 Å². The fraction of sp³-hybridized carbons (Fsp3) is 0.579. The number of fused-ring (bicyclic) bond motifs is 1. The molecule has 0 aromatic heterocycles. The molecule has 25 heavy (non-hydrogen) atoms.